The molecule has 0 spiro atoms. The van der Waals surface area contributed by atoms with Gasteiger partial charge in [0, 0.05) is 30.0 Å². The van der Waals surface area contributed by atoms with E-state index >= 15 is 0 Å². The molecule has 1 N–H and O–H groups in total. The first-order valence-electron chi connectivity index (χ1n) is 11.8. The molecule has 5 rings (SSSR count). The van der Waals surface area contributed by atoms with Crippen molar-refractivity contribution in [1.82, 2.24) is 14.7 Å². The molecule has 0 radical (unpaired) electrons. The Morgan fingerprint density at radius 3 is 2.69 bits per heavy atom. The summed E-state index contributed by atoms with van der Waals surface area (Å²) in [6, 6.07) is 16.5. The second-order valence-electron chi connectivity index (χ2n) is 8.73. The standard InChI is InChI=1S/C28H24FN3O4/c29-20-11-13-21(14-12-20)32-26(8-4-5-9-27(33)34)30-24-16-19(10-15-22(24)28(32)35)23-17-25(36-31-23)18-6-2-1-3-7-18/h1-3,6-7,10-13,15-17,21H,4-5,8-9,14H2,(H,33,34). The van der Waals surface area contributed by atoms with E-state index in [4.69, 9.17) is 14.6 Å². The molecule has 0 fully saturated rings. The summed E-state index contributed by atoms with van der Waals surface area (Å²) in [4.78, 5) is 29.3. The summed E-state index contributed by atoms with van der Waals surface area (Å²) in [6.07, 6.45) is 6.34. The van der Waals surface area contributed by atoms with E-state index < -0.39 is 5.97 Å². The molecule has 4 aromatic rings. The molecule has 1 atom stereocenters. The van der Waals surface area contributed by atoms with Crippen LogP contribution in [0.3, 0.4) is 0 Å². The van der Waals surface area contributed by atoms with Crippen molar-refractivity contribution in [3.8, 4) is 22.6 Å². The molecule has 182 valence electrons. The Hall–Kier alpha value is -4.33. The molecule has 0 aliphatic heterocycles. The number of aliphatic carboxylic acids is 1. The molecule has 0 saturated carbocycles. The zero-order chi connectivity index (χ0) is 25.1. The number of unbranched alkanes of at least 4 members (excludes halogenated alkanes) is 1. The van der Waals surface area contributed by atoms with Gasteiger partial charge in [0.2, 0.25) is 0 Å². The molecule has 2 heterocycles. The van der Waals surface area contributed by atoms with E-state index in [1.165, 1.54) is 12.2 Å². The largest absolute Gasteiger partial charge is 0.481 e. The number of carboxylic acids is 1. The Labute approximate surface area is 206 Å². The van der Waals surface area contributed by atoms with Crippen LogP contribution in [0.2, 0.25) is 0 Å². The molecule has 8 heteroatoms. The predicted molar refractivity (Wildman–Crippen MR) is 134 cm³/mol. The van der Waals surface area contributed by atoms with Crippen molar-refractivity contribution in [2.75, 3.05) is 0 Å². The van der Waals surface area contributed by atoms with Crippen LogP contribution in [0.5, 0.6) is 0 Å². The first-order valence-corrected chi connectivity index (χ1v) is 11.8. The molecule has 0 bridgehead atoms. The third-order valence-electron chi connectivity index (χ3n) is 6.24. The smallest absolute Gasteiger partial charge is 0.303 e. The zero-order valence-corrected chi connectivity index (χ0v) is 19.4. The highest BCUT2D eigenvalue weighted by molar-refractivity contribution is 5.83. The molecule has 0 saturated heterocycles. The number of benzene rings is 2. The van der Waals surface area contributed by atoms with Crippen LogP contribution >= 0.6 is 0 Å². The van der Waals surface area contributed by atoms with Crippen LogP contribution in [0.15, 0.2) is 88.0 Å². The Bertz CT molecular complexity index is 1540. The monoisotopic (exact) mass is 485 g/mol. The highest BCUT2D eigenvalue weighted by Gasteiger charge is 2.20. The second-order valence-corrected chi connectivity index (χ2v) is 8.73. The summed E-state index contributed by atoms with van der Waals surface area (Å²) in [5.74, 6) is -0.00640. The first kappa shape index (κ1) is 23.4. The summed E-state index contributed by atoms with van der Waals surface area (Å²) >= 11 is 0. The average molecular weight is 486 g/mol. The van der Waals surface area contributed by atoms with Gasteiger partial charge in [-0.05, 0) is 43.5 Å². The Balaban J connectivity index is 1.53. The van der Waals surface area contributed by atoms with Crippen LogP contribution in [0.1, 0.15) is 37.5 Å². The van der Waals surface area contributed by atoms with Gasteiger partial charge in [-0.2, -0.15) is 0 Å². The van der Waals surface area contributed by atoms with E-state index in [-0.39, 0.29) is 23.8 Å². The van der Waals surface area contributed by atoms with Crippen molar-refractivity contribution < 1.29 is 18.8 Å². The highest BCUT2D eigenvalue weighted by Crippen LogP contribution is 2.28. The number of carbonyl (C=O) groups is 1. The fourth-order valence-electron chi connectivity index (χ4n) is 4.41. The lowest BCUT2D eigenvalue weighted by molar-refractivity contribution is -0.137. The van der Waals surface area contributed by atoms with E-state index in [2.05, 4.69) is 5.16 Å². The fourth-order valence-corrected chi connectivity index (χ4v) is 4.41. The summed E-state index contributed by atoms with van der Waals surface area (Å²) in [7, 11) is 0. The highest BCUT2D eigenvalue weighted by atomic mass is 19.1. The molecular weight excluding hydrogens is 461 g/mol. The number of aromatic nitrogens is 3. The molecule has 36 heavy (non-hydrogen) atoms. The number of rotatable bonds is 8. The van der Waals surface area contributed by atoms with Crippen molar-refractivity contribution >= 4 is 16.9 Å². The number of nitrogens with zero attached hydrogens (tertiary/aromatic N) is 3. The summed E-state index contributed by atoms with van der Waals surface area (Å²) in [5.41, 5.74) is 2.61. The second kappa shape index (κ2) is 10.1. The van der Waals surface area contributed by atoms with Gasteiger partial charge in [-0.3, -0.25) is 14.2 Å². The number of hydrogen-bond acceptors (Lipinski definition) is 5. The Morgan fingerprint density at radius 1 is 1.11 bits per heavy atom. The summed E-state index contributed by atoms with van der Waals surface area (Å²) in [5, 5.41) is 13.6. The van der Waals surface area contributed by atoms with Crippen LogP contribution in [-0.2, 0) is 11.2 Å². The number of aryl methyl sites for hydroxylation is 1. The maximum Gasteiger partial charge on any atom is 0.303 e. The molecule has 2 aromatic heterocycles. The summed E-state index contributed by atoms with van der Waals surface area (Å²) < 4.78 is 20.7. The van der Waals surface area contributed by atoms with Crippen LogP contribution < -0.4 is 5.56 Å². The van der Waals surface area contributed by atoms with Gasteiger partial charge in [-0.25, -0.2) is 9.37 Å². The third-order valence-corrected chi connectivity index (χ3v) is 6.24. The van der Waals surface area contributed by atoms with E-state index in [0.29, 0.717) is 53.9 Å². The number of allylic oxidation sites excluding steroid dienone is 4. The van der Waals surface area contributed by atoms with Crippen LogP contribution in [0.4, 0.5) is 4.39 Å². The Kier molecular flexibility index (Phi) is 6.58. The molecular formula is C28H24FN3O4. The minimum atomic E-state index is -0.859. The van der Waals surface area contributed by atoms with Gasteiger partial charge < -0.3 is 9.63 Å². The number of halogens is 1. The van der Waals surface area contributed by atoms with Gasteiger partial charge in [-0.15, -0.1) is 0 Å². The Morgan fingerprint density at radius 2 is 1.94 bits per heavy atom. The van der Waals surface area contributed by atoms with Crippen molar-refractivity contribution in [1.29, 1.82) is 0 Å². The van der Waals surface area contributed by atoms with Crippen LogP contribution in [0, 0.1) is 0 Å². The van der Waals surface area contributed by atoms with E-state index in [9.17, 15) is 14.0 Å². The van der Waals surface area contributed by atoms with Crippen molar-refractivity contribution in [2.24, 2.45) is 0 Å². The average Bonchev–Trinajstić information content (AvgIpc) is 3.38. The fraction of sp³-hybridized carbons (Fsp3) is 0.214. The number of hydrogen-bond donors (Lipinski definition) is 1. The van der Waals surface area contributed by atoms with Crippen molar-refractivity contribution in [3.63, 3.8) is 0 Å². The van der Waals surface area contributed by atoms with Crippen molar-refractivity contribution in [3.05, 3.63) is 94.8 Å². The maximum absolute atomic E-state index is 13.6. The topological polar surface area (TPSA) is 98.2 Å². The van der Waals surface area contributed by atoms with E-state index in [1.807, 2.05) is 48.5 Å². The van der Waals surface area contributed by atoms with Crippen molar-refractivity contribution in [2.45, 2.75) is 38.1 Å². The lowest BCUT2D eigenvalue weighted by atomic mass is 10.0. The van der Waals surface area contributed by atoms with Crippen LogP contribution in [-0.4, -0.2) is 25.8 Å². The van der Waals surface area contributed by atoms with E-state index in [0.717, 1.165) is 11.1 Å². The number of carboxylic acid groups (broad SMARTS) is 1. The van der Waals surface area contributed by atoms with Gasteiger partial charge in [0.05, 0.1) is 16.9 Å². The number of fused-ring (bicyclic) bond motifs is 1. The van der Waals surface area contributed by atoms with Gasteiger partial charge in [-0.1, -0.05) is 47.6 Å². The molecule has 2 aromatic carbocycles. The predicted octanol–water partition coefficient (Wildman–Crippen LogP) is 5.87. The quantitative estimate of drug-likeness (QED) is 0.314. The lowest BCUT2D eigenvalue weighted by Gasteiger charge is -2.21. The third kappa shape index (κ3) is 4.88. The van der Waals surface area contributed by atoms with Gasteiger partial charge in [0.25, 0.3) is 5.56 Å². The van der Waals surface area contributed by atoms with Gasteiger partial charge >= 0.3 is 5.97 Å². The molecule has 1 aliphatic carbocycles. The molecule has 1 unspecified atom stereocenters. The first-order chi connectivity index (χ1) is 17.5. The van der Waals surface area contributed by atoms with Gasteiger partial charge in [0.1, 0.15) is 17.3 Å². The normalized spacial score (nSPS) is 15.2. The minimum Gasteiger partial charge on any atom is -0.481 e. The lowest BCUT2D eigenvalue weighted by Crippen LogP contribution is -2.29. The van der Waals surface area contributed by atoms with Crippen LogP contribution in [0.25, 0.3) is 33.5 Å². The molecule has 7 nitrogen and oxygen atoms in total. The van der Waals surface area contributed by atoms with E-state index in [1.54, 1.807) is 16.7 Å². The summed E-state index contributed by atoms with van der Waals surface area (Å²) in [6.45, 7) is 0. The molecule has 1 aliphatic rings. The SMILES string of the molecule is O=C(O)CCCCc1nc2cc(-c3cc(-c4ccccc4)on3)ccc2c(=O)n1C1C=CC(F)=CC1. The zero-order valence-electron chi connectivity index (χ0n) is 19.4. The minimum absolute atomic E-state index is 0.0507. The maximum atomic E-state index is 13.6. The molecule has 0 amide bonds. The van der Waals surface area contributed by atoms with Gasteiger partial charge in [0.15, 0.2) is 5.76 Å².